The van der Waals surface area contributed by atoms with E-state index < -0.39 is 5.97 Å². The van der Waals surface area contributed by atoms with Crippen molar-refractivity contribution in [2.75, 3.05) is 26.2 Å². The Hall–Kier alpha value is -1.39. The van der Waals surface area contributed by atoms with Crippen molar-refractivity contribution in [1.29, 1.82) is 0 Å². The molecule has 1 heterocycles. The number of piperidine rings is 1. The van der Waals surface area contributed by atoms with E-state index in [1.165, 1.54) is 18.4 Å². The highest BCUT2D eigenvalue weighted by Crippen LogP contribution is 2.17. The Labute approximate surface area is 114 Å². The number of hydrogen-bond acceptors (Lipinski definition) is 3. The average Bonchev–Trinajstić information content (AvgIpc) is 2.40. The summed E-state index contributed by atoms with van der Waals surface area (Å²) in [5, 5.41) is 11.6. The summed E-state index contributed by atoms with van der Waals surface area (Å²) in [5.41, 5.74) is 1.35. The second-order valence-electron chi connectivity index (χ2n) is 5.25. The van der Waals surface area contributed by atoms with E-state index in [1.54, 1.807) is 0 Å². The molecule has 104 valence electrons. The molecular weight excluding hydrogens is 240 g/mol. The van der Waals surface area contributed by atoms with E-state index in [0.717, 1.165) is 26.2 Å². The van der Waals surface area contributed by atoms with Crippen molar-refractivity contribution in [3.05, 3.63) is 35.9 Å². The molecule has 1 aromatic carbocycles. The fraction of sp³-hybridized carbons (Fsp3) is 0.533. The maximum absolute atomic E-state index is 10.5. The lowest BCUT2D eigenvalue weighted by Crippen LogP contribution is -2.40. The quantitative estimate of drug-likeness (QED) is 0.817. The highest BCUT2D eigenvalue weighted by molar-refractivity contribution is 5.68. The van der Waals surface area contributed by atoms with Gasteiger partial charge in [-0.15, -0.1) is 0 Å². The van der Waals surface area contributed by atoms with E-state index in [2.05, 4.69) is 34.5 Å². The van der Waals surface area contributed by atoms with Gasteiger partial charge in [-0.3, -0.25) is 9.69 Å². The predicted octanol–water partition coefficient (Wildman–Crippen LogP) is 1.57. The smallest absolute Gasteiger partial charge is 0.317 e. The minimum Gasteiger partial charge on any atom is -0.480 e. The van der Waals surface area contributed by atoms with Crippen LogP contribution in [0.5, 0.6) is 0 Å². The van der Waals surface area contributed by atoms with Gasteiger partial charge in [0.2, 0.25) is 0 Å². The van der Waals surface area contributed by atoms with Gasteiger partial charge in [-0.05, 0) is 37.4 Å². The lowest BCUT2D eigenvalue weighted by Gasteiger charge is -2.32. The zero-order valence-electron chi connectivity index (χ0n) is 11.2. The number of benzene rings is 1. The minimum atomic E-state index is -0.781. The first-order valence-electron chi connectivity index (χ1n) is 6.93. The van der Waals surface area contributed by atoms with Crippen LogP contribution in [0.3, 0.4) is 0 Å². The van der Waals surface area contributed by atoms with Crippen LogP contribution < -0.4 is 5.32 Å². The SMILES string of the molecule is O=C(O)CNCC1CCCN(Cc2ccccc2)C1. The van der Waals surface area contributed by atoms with E-state index in [-0.39, 0.29) is 6.54 Å². The number of nitrogens with one attached hydrogen (secondary N) is 1. The molecule has 4 nitrogen and oxygen atoms in total. The van der Waals surface area contributed by atoms with Gasteiger partial charge in [0, 0.05) is 13.1 Å². The number of hydrogen-bond donors (Lipinski definition) is 2. The summed E-state index contributed by atoms with van der Waals surface area (Å²) >= 11 is 0. The Bertz CT molecular complexity index is 394. The van der Waals surface area contributed by atoms with E-state index in [4.69, 9.17) is 5.11 Å². The highest BCUT2D eigenvalue weighted by atomic mass is 16.4. The van der Waals surface area contributed by atoms with E-state index in [0.29, 0.717) is 5.92 Å². The summed E-state index contributed by atoms with van der Waals surface area (Å²) in [6.07, 6.45) is 2.39. The number of carboxylic acids is 1. The second-order valence-corrected chi connectivity index (χ2v) is 5.25. The lowest BCUT2D eigenvalue weighted by molar-refractivity contribution is -0.136. The Morgan fingerprint density at radius 2 is 2.16 bits per heavy atom. The van der Waals surface area contributed by atoms with Crippen LogP contribution >= 0.6 is 0 Å². The Morgan fingerprint density at radius 3 is 2.89 bits per heavy atom. The topological polar surface area (TPSA) is 52.6 Å². The van der Waals surface area contributed by atoms with Gasteiger partial charge in [-0.2, -0.15) is 0 Å². The molecule has 0 saturated carbocycles. The van der Waals surface area contributed by atoms with Gasteiger partial charge < -0.3 is 10.4 Å². The number of likely N-dealkylation sites (tertiary alicyclic amines) is 1. The number of aliphatic carboxylic acids is 1. The molecule has 0 bridgehead atoms. The molecule has 2 N–H and O–H groups in total. The molecule has 0 aromatic heterocycles. The molecule has 1 aliphatic rings. The maximum Gasteiger partial charge on any atom is 0.317 e. The third-order valence-corrected chi connectivity index (χ3v) is 3.56. The Kier molecular flexibility index (Phi) is 5.36. The molecule has 0 amide bonds. The largest absolute Gasteiger partial charge is 0.480 e. The molecule has 1 saturated heterocycles. The molecule has 1 aromatic rings. The van der Waals surface area contributed by atoms with E-state index in [9.17, 15) is 4.79 Å². The molecule has 2 rings (SSSR count). The standard InChI is InChI=1S/C15H22N2O2/c18-15(19)10-16-9-14-7-4-8-17(12-14)11-13-5-2-1-3-6-13/h1-3,5-6,14,16H,4,7-12H2,(H,18,19). The second kappa shape index (κ2) is 7.26. The van der Waals surface area contributed by atoms with E-state index >= 15 is 0 Å². The van der Waals surface area contributed by atoms with Crippen LogP contribution in [-0.2, 0) is 11.3 Å². The maximum atomic E-state index is 10.5. The molecular formula is C15H22N2O2. The number of carboxylic acid groups (broad SMARTS) is 1. The summed E-state index contributed by atoms with van der Waals surface area (Å²) in [5.74, 6) is -0.214. The lowest BCUT2D eigenvalue weighted by atomic mass is 9.97. The Morgan fingerprint density at radius 1 is 1.37 bits per heavy atom. The minimum absolute atomic E-state index is 0.0647. The van der Waals surface area contributed by atoms with Gasteiger partial charge in [0.15, 0.2) is 0 Å². The normalized spacial score (nSPS) is 20.3. The zero-order chi connectivity index (χ0) is 13.5. The molecule has 19 heavy (non-hydrogen) atoms. The molecule has 0 spiro atoms. The molecule has 1 fully saturated rings. The van der Waals surface area contributed by atoms with Crippen molar-refractivity contribution in [2.45, 2.75) is 19.4 Å². The number of nitrogens with zero attached hydrogens (tertiary/aromatic N) is 1. The third-order valence-electron chi connectivity index (χ3n) is 3.56. The van der Waals surface area contributed by atoms with Crippen LogP contribution in [0.25, 0.3) is 0 Å². The number of rotatable bonds is 6. The first-order valence-corrected chi connectivity index (χ1v) is 6.93. The fourth-order valence-electron chi connectivity index (χ4n) is 2.69. The van der Waals surface area contributed by atoms with Crippen LogP contribution in [0, 0.1) is 5.92 Å². The molecule has 1 unspecified atom stereocenters. The summed E-state index contributed by atoms with van der Waals surface area (Å²) in [6, 6.07) is 10.5. The summed E-state index contributed by atoms with van der Waals surface area (Å²) in [4.78, 5) is 12.9. The van der Waals surface area contributed by atoms with Crippen molar-refractivity contribution < 1.29 is 9.90 Å². The summed E-state index contributed by atoms with van der Waals surface area (Å²) in [7, 11) is 0. The van der Waals surface area contributed by atoms with Crippen LogP contribution in [0.1, 0.15) is 18.4 Å². The van der Waals surface area contributed by atoms with Crippen molar-refractivity contribution in [3.8, 4) is 0 Å². The average molecular weight is 262 g/mol. The van der Waals surface area contributed by atoms with Crippen molar-refractivity contribution >= 4 is 5.97 Å². The van der Waals surface area contributed by atoms with Crippen LogP contribution in [0.15, 0.2) is 30.3 Å². The first kappa shape index (κ1) is 14.0. The Balaban J connectivity index is 1.75. The van der Waals surface area contributed by atoms with Crippen molar-refractivity contribution in [3.63, 3.8) is 0 Å². The highest BCUT2D eigenvalue weighted by Gasteiger charge is 2.19. The molecule has 1 aliphatic heterocycles. The fourth-order valence-corrected chi connectivity index (χ4v) is 2.69. The van der Waals surface area contributed by atoms with E-state index in [1.807, 2.05) is 6.07 Å². The third kappa shape index (κ3) is 5.01. The van der Waals surface area contributed by atoms with Gasteiger partial charge in [-0.1, -0.05) is 30.3 Å². The number of carbonyl (C=O) groups is 1. The monoisotopic (exact) mass is 262 g/mol. The van der Waals surface area contributed by atoms with Crippen LogP contribution in [0.2, 0.25) is 0 Å². The van der Waals surface area contributed by atoms with Gasteiger partial charge in [0.25, 0.3) is 0 Å². The first-order chi connectivity index (χ1) is 9.24. The molecule has 1 atom stereocenters. The van der Waals surface area contributed by atoms with Crippen LogP contribution in [-0.4, -0.2) is 42.2 Å². The molecule has 4 heteroatoms. The van der Waals surface area contributed by atoms with Gasteiger partial charge in [-0.25, -0.2) is 0 Å². The van der Waals surface area contributed by atoms with Crippen molar-refractivity contribution in [1.82, 2.24) is 10.2 Å². The van der Waals surface area contributed by atoms with Gasteiger partial charge in [0.1, 0.15) is 0 Å². The van der Waals surface area contributed by atoms with Gasteiger partial charge >= 0.3 is 5.97 Å². The summed E-state index contributed by atoms with van der Waals surface area (Å²) < 4.78 is 0. The van der Waals surface area contributed by atoms with Crippen LogP contribution in [0.4, 0.5) is 0 Å². The predicted molar refractivity (Wildman–Crippen MR) is 74.9 cm³/mol. The summed E-state index contributed by atoms with van der Waals surface area (Å²) in [6.45, 7) is 4.06. The zero-order valence-corrected chi connectivity index (χ0v) is 11.2. The van der Waals surface area contributed by atoms with Crippen molar-refractivity contribution in [2.24, 2.45) is 5.92 Å². The van der Waals surface area contributed by atoms with Gasteiger partial charge in [0.05, 0.1) is 6.54 Å². The molecule has 0 aliphatic carbocycles. The molecule has 0 radical (unpaired) electrons.